The normalized spacial score (nSPS) is 26.3. The van der Waals surface area contributed by atoms with Crippen molar-refractivity contribution in [2.24, 2.45) is 10.8 Å². The van der Waals surface area contributed by atoms with E-state index in [9.17, 15) is 16.8 Å². The van der Waals surface area contributed by atoms with E-state index in [0.29, 0.717) is 19.9 Å². The van der Waals surface area contributed by atoms with E-state index < -0.39 is 30.5 Å². The van der Waals surface area contributed by atoms with Crippen molar-refractivity contribution in [3.05, 3.63) is 80.5 Å². The van der Waals surface area contributed by atoms with Crippen LogP contribution in [0.5, 0.6) is 0 Å². The average Bonchev–Trinajstić information content (AvgIpc) is 3.08. The molecule has 0 bridgehead atoms. The number of rotatable bonds is 4. The van der Waals surface area contributed by atoms with Gasteiger partial charge in [0.1, 0.15) is 0 Å². The Bertz CT molecular complexity index is 1190. The molecule has 2 aliphatic carbocycles. The Morgan fingerprint density at radius 2 is 0.933 bits per heavy atom. The molecule has 0 N–H and O–H groups in total. The molecule has 2 aliphatic rings. The molecule has 158 valence electrons. The largest absolute Gasteiger partial charge is 0.219 e. The van der Waals surface area contributed by atoms with Crippen LogP contribution in [-0.4, -0.2) is 16.8 Å². The van der Waals surface area contributed by atoms with Crippen LogP contribution in [0.15, 0.2) is 80.3 Å². The first kappa shape index (κ1) is 21.6. The number of benzene rings is 2. The van der Waals surface area contributed by atoms with Crippen LogP contribution in [0.1, 0.15) is 26.7 Å². The highest BCUT2D eigenvalue weighted by Gasteiger charge is 2.55. The summed E-state index contributed by atoms with van der Waals surface area (Å²) in [5, 5.41) is 0.926. The van der Waals surface area contributed by atoms with Gasteiger partial charge in [-0.2, -0.15) is 0 Å². The van der Waals surface area contributed by atoms with Crippen LogP contribution >= 0.6 is 23.2 Å². The number of fused-ring (bicyclic) bond motifs is 1. The number of halogens is 2. The second kappa shape index (κ2) is 6.95. The van der Waals surface area contributed by atoms with Gasteiger partial charge in [0, 0.05) is 30.7 Å². The first-order valence-electron chi connectivity index (χ1n) is 9.32. The summed E-state index contributed by atoms with van der Waals surface area (Å²) >= 11 is 11.8. The Morgan fingerprint density at radius 1 is 0.633 bits per heavy atom. The molecule has 0 amide bonds. The summed E-state index contributed by atoms with van der Waals surface area (Å²) in [6.45, 7) is 3.83. The van der Waals surface area contributed by atoms with E-state index >= 15 is 0 Å². The first-order chi connectivity index (χ1) is 13.9. The van der Waals surface area contributed by atoms with Crippen molar-refractivity contribution < 1.29 is 16.8 Å². The highest BCUT2D eigenvalue weighted by molar-refractivity contribution is 7.95. The molecule has 2 aromatic carbocycles. The highest BCUT2D eigenvalue weighted by Crippen LogP contribution is 2.62. The molecule has 0 aromatic heterocycles. The highest BCUT2D eigenvalue weighted by atomic mass is 35.5. The molecule has 0 saturated heterocycles. The van der Waals surface area contributed by atoms with Crippen LogP contribution in [-0.2, 0) is 19.7 Å². The monoisotopic (exact) mass is 482 g/mol. The summed E-state index contributed by atoms with van der Waals surface area (Å²) in [4.78, 5) is 0.995. The molecule has 8 heteroatoms. The Hall–Kier alpha value is -1.60. The second-order valence-electron chi connectivity index (χ2n) is 8.32. The lowest BCUT2D eigenvalue weighted by molar-refractivity contribution is 0.230. The quantitative estimate of drug-likeness (QED) is 0.549. The fraction of sp³-hybridized carbons (Fsp3) is 0.273. The van der Waals surface area contributed by atoms with Gasteiger partial charge in [0.05, 0.1) is 9.79 Å². The molecule has 4 nitrogen and oxygen atoms in total. The molecule has 0 heterocycles. The van der Waals surface area contributed by atoms with Gasteiger partial charge in [-0.25, -0.2) is 16.8 Å². The average molecular weight is 483 g/mol. The van der Waals surface area contributed by atoms with E-state index in [-0.39, 0.29) is 22.6 Å². The smallest absolute Gasteiger partial charge is 0.202 e. The van der Waals surface area contributed by atoms with Gasteiger partial charge in [0.2, 0.25) is 19.7 Å². The zero-order valence-corrected chi connectivity index (χ0v) is 19.5. The predicted octanol–water partition coefficient (Wildman–Crippen LogP) is 5.83. The molecule has 2 unspecified atom stereocenters. The van der Waals surface area contributed by atoms with Gasteiger partial charge in [-0.05, 0) is 61.4 Å². The maximum absolute atomic E-state index is 13.1. The maximum Gasteiger partial charge on any atom is 0.202 e. The van der Waals surface area contributed by atoms with Crippen LogP contribution in [0.2, 0.25) is 10.0 Å². The van der Waals surface area contributed by atoms with Crippen LogP contribution in [0.4, 0.5) is 0 Å². The first-order valence-corrected chi connectivity index (χ1v) is 13.0. The minimum Gasteiger partial charge on any atom is -0.219 e. The topological polar surface area (TPSA) is 68.3 Å². The van der Waals surface area contributed by atoms with E-state index in [1.807, 2.05) is 13.8 Å². The third-order valence-electron chi connectivity index (χ3n) is 6.28. The van der Waals surface area contributed by atoms with Crippen LogP contribution in [0.25, 0.3) is 0 Å². The van der Waals surface area contributed by atoms with Crippen LogP contribution in [0, 0.1) is 10.8 Å². The van der Waals surface area contributed by atoms with Gasteiger partial charge in [-0.15, -0.1) is 0 Å². The minimum atomic E-state index is -3.67. The van der Waals surface area contributed by atoms with Crippen molar-refractivity contribution in [3.8, 4) is 0 Å². The fourth-order valence-corrected chi connectivity index (χ4v) is 7.90. The van der Waals surface area contributed by atoms with Crippen LogP contribution < -0.4 is 0 Å². The van der Waals surface area contributed by atoms with E-state index in [2.05, 4.69) is 0 Å². The number of hydrogen-bond donors (Lipinski definition) is 0. The molecule has 2 aromatic rings. The van der Waals surface area contributed by atoms with Crippen molar-refractivity contribution in [1.29, 1.82) is 0 Å². The molecule has 0 radical (unpaired) electrons. The Labute approximate surface area is 187 Å². The molecule has 0 fully saturated rings. The summed E-state index contributed by atoms with van der Waals surface area (Å²) in [6, 6.07) is 12.1. The molecule has 30 heavy (non-hydrogen) atoms. The van der Waals surface area contributed by atoms with E-state index in [1.54, 1.807) is 36.4 Å². The minimum absolute atomic E-state index is 0.184. The lowest BCUT2D eigenvalue weighted by Crippen LogP contribution is -2.26. The SMILES string of the molecule is CC12C=C(S(=O)(=O)c3ccc(Cl)cc3)CC1(C)C=C(S(=O)(=O)c1ccc(Cl)cc1)C2. The van der Waals surface area contributed by atoms with Gasteiger partial charge in [0.15, 0.2) is 0 Å². The summed E-state index contributed by atoms with van der Waals surface area (Å²) in [5.41, 5.74) is -1.23. The van der Waals surface area contributed by atoms with Crippen molar-refractivity contribution in [3.63, 3.8) is 0 Å². The molecule has 0 aliphatic heterocycles. The van der Waals surface area contributed by atoms with E-state index in [4.69, 9.17) is 23.2 Å². The van der Waals surface area contributed by atoms with Gasteiger partial charge >= 0.3 is 0 Å². The molecular weight excluding hydrogens is 463 g/mol. The maximum atomic E-state index is 13.1. The molecule has 0 saturated carbocycles. The predicted molar refractivity (Wildman–Crippen MR) is 119 cm³/mol. The van der Waals surface area contributed by atoms with Gasteiger partial charge in [0.25, 0.3) is 0 Å². The van der Waals surface area contributed by atoms with E-state index in [1.165, 1.54) is 24.3 Å². The summed E-state index contributed by atoms with van der Waals surface area (Å²) in [7, 11) is -7.35. The standard InChI is InChI=1S/C22H20Cl2O4S2/c1-21-11-19(29(25,26)17-7-3-15(23)4-8-17)13-22(21,2)14-20(12-21)30(27,28)18-9-5-16(24)6-10-18/h3-11,14H,12-13H2,1-2H3. The lowest BCUT2D eigenvalue weighted by Gasteiger charge is -2.32. The Morgan fingerprint density at radius 3 is 1.23 bits per heavy atom. The molecule has 0 spiro atoms. The van der Waals surface area contributed by atoms with Crippen molar-refractivity contribution in [1.82, 2.24) is 0 Å². The van der Waals surface area contributed by atoms with Gasteiger partial charge in [-0.1, -0.05) is 49.2 Å². The molecule has 2 atom stereocenters. The second-order valence-corrected chi connectivity index (χ2v) is 13.2. The van der Waals surface area contributed by atoms with Gasteiger partial charge < -0.3 is 0 Å². The van der Waals surface area contributed by atoms with Crippen LogP contribution in [0.3, 0.4) is 0 Å². The van der Waals surface area contributed by atoms with Crippen molar-refractivity contribution >= 4 is 42.9 Å². The Kier molecular flexibility index (Phi) is 5.01. The zero-order valence-electron chi connectivity index (χ0n) is 16.4. The summed E-state index contributed by atoms with van der Waals surface area (Å²) in [5.74, 6) is 0. The fourth-order valence-electron chi connectivity index (χ4n) is 4.25. The van der Waals surface area contributed by atoms with E-state index in [0.717, 1.165) is 0 Å². The number of hydrogen-bond acceptors (Lipinski definition) is 4. The summed E-state index contributed by atoms with van der Waals surface area (Å²) < 4.78 is 52.5. The van der Waals surface area contributed by atoms with Crippen molar-refractivity contribution in [2.45, 2.75) is 36.5 Å². The van der Waals surface area contributed by atoms with Crippen molar-refractivity contribution in [2.75, 3.05) is 0 Å². The lowest BCUT2D eigenvalue weighted by atomic mass is 9.70. The van der Waals surface area contributed by atoms with Gasteiger partial charge in [-0.3, -0.25) is 0 Å². The third kappa shape index (κ3) is 3.34. The third-order valence-corrected chi connectivity index (χ3v) is 10.5. The number of sulfone groups is 2. The summed E-state index contributed by atoms with van der Waals surface area (Å²) in [6.07, 6.45) is 3.96. The zero-order chi connectivity index (χ0) is 21.9. The molecule has 4 rings (SSSR count). The number of allylic oxidation sites excluding steroid dienone is 4. The Balaban J connectivity index is 1.69. The molecular formula is C22H20Cl2O4S2.